The van der Waals surface area contributed by atoms with E-state index >= 15 is 0 Å². The molecule has 1 aliphatic heterocycles. The predicted octanol–water partition coefficient (Wildman–Crippen LogP) is 0.363. The molecule has 1 heterocycles. The fourth-order valence-electron chi connectivity index (χ4n) is 2.63. The van der Waals surface area contributed by atoms with Gasteiger partial charge < -0.3 is 20.3 Å². The van der Waals surface area contributed by atoms with Gasteiger partial charge in [0.15, 0.2) is 6.61 Å². The molecule has 0 spiro atoms. The number of hydrogen-bond acceptors (Lipinski definition) is 5. The number of carbonyl (C=O) groups excluding carboxylic acids is 4. The average Bonchev–Trinajstić information content (AvgIpc) is 2.99. The maximum absolute atomic E-state index is 13.8. The molecule has 1 saturated heterocycles. The summed E-state index contributed by atoms with van der Waals surface area (Å²) in [4.78, 5) is 48.4. The molecule has 1 aromatic rings. The third-order valence-corrected chi connectivity index (χ3v) is 3.84. The van der Waals surface area contributed by atoms with Gasteiger partial charge >= 0.3 is 5.97 Å². The molecule has 0 bridgehead atoms. The van der Waals surface area contributed by atoms with Gasteiger partial charge in [0.1, 0.15) is 5.82 Å². The van der Waals surface area contributed by atoms with Crippen molar-refractivity contribution in [2.24, 2.45) is 5.92 Å². The van der Waals surface area contributed by atoms with Crippen molar-refractivity contribution in [1.82, 2.24) is 10.6 Å². The van der Waals surface area contributed by atoms with Gasteiger partial charge in [-0.1, -0.05) is 12.1 Å². The highest BCUT2D eigenvalue weighted by Gasteiger charge is 2.37. The van der Waals surface area contributed by atoms with Crippen LogP contribution in [0.5, 0.6) is 0 Å². The Balaban J connectivity index is 1.80. The molecule has 9 heteroatoms. The number of halogens is 1. The largest absolute Gasteiger partial charge is 0.455 e. The van der Waals surface area contributed by atoms with E-state index < -0.39 is 36.1 Å². The zero-order valence-corrected chi connectivity index (χ0v) is 15.2. The minimum absolute atomic E-state index is 0.0169. The minimum atomic E-state index is -0.783. The Morgan fingerprint density at radius 1 is 1.26 bits per heavy atom. The summed E-state index contributed by atoms with van der Waals surface area (Å²) in [5, 5.41) is 4.93. The first-order chi connectivity index (χ1) is 12.8. The molecule has 2 rings (SSSR count). The molecule has 0 radical (unpaired) electrons. The zero-order chi connectivity index (χ0) is 20.0. The second-order valence-corrected chi connectivity index (χ2v) is 6.46. The number of hydrogen-bond donors (Lipinski definition) is 2. The summed E-state index contributed by atoms with van der Waals surface area (Å²) in [6, 6.07) is 5.73. The number of esters is 1. The standard InChI is InChI=1S/C18H22FN3O5/c1-11(2)21-15(23)8-20-16(24)10-27-18(26)12-7-17(25)22(9-12)14-6-4-3-5-13(14)19/h3-6,11-12H,7-10H2,1-2H3,(H,20,24)(H,21,23)/t12-/m0/s1. The lowest BCUT2D eigenvalue weighted by molar-refractivity contribution is -0.152. The Kier molecular flexibility index (Phi) is 6.86. The molecule has 0 saturated carbocycles. The Hall–Kier alpha value is -2.97. The molecule has 0 unspecified atom stereocenters. The van der Waals surface area contributed by atoms with Crippen LogP contribution in [0, 0.1) is 11.7 Å². The first kappa shape index (κ1) is 20.3. The van der Waals surface area contributed by atoms with Crippen molar-refractivity contribution in [2.45, 2.75) is 26.3 Å². The van der Waals surface area contributed by atoms with E-state index in [1.807, 2.05) is 0 Å². The van der Waals surface area contributed by atoms with E-state index in [1.54, 1.807) is 19.9 Å². The third kappa shape index (κ3) is 5.77. The van der Waals surface area contributed by atoms with E-state index in [0.717, 1.165) is 0 Å². The monoisotopic (exact) mass is 379 g/mol. The van der Waals surface area contributed by atoms with Crippen molar-refractivity contribution in [3.05, 3.63) is 30.1 Å². The van der Waals surface area contributed by atoms with Crippen LogP contribution in [0.2, 0.25) is 0 Å². The number of benzene rings is 1. The van der Waals surface area contributed by atoms with Gasteiger partial charge in [0.05, 0.1) is 18.2 Å². The third-order valence-electron chi connectivity index (χ3n) is 3.84. The van der Waals surface area contributed by atoms with Gasteiger partial charge in [0, 0.05) is 19.0 Å². The van der Waals surface area contributed by atoms with E-state index in [1.165, 1.54) is 23.1 Å². The summed E-state index contributed by atoms with van der Waals surface area (Å²) >= 11 is 0. The molecule has 3 amide bonds. The van der Waals surface area contributed by atoms with Crippen LogP contribution >= 0.6 is 0 Å². The fourth-order valence-corrected chi connectivity index (χ4v) is 2.63. The summed E-state index contributed by atoms with van der Waals surface area (Å²) in [5.74, 6) is -3.43. The molecule has 1 atom stereocenters. The van der Waals surface area contributed by atoms with Crippen LogP contribution in [0.3, 0.4) is 0 Å². The van der Waals surface area contributed by atoms with Gasteiger partial charge in [0.2, 0.25) is 11.8 Å². The van der Waals surface area contributed by atoms with Crippen LogP contribution in [-0.2, 0) is 23.9 Å². The summed E-state index contributed by atoms with van der Waals surface area (Å²) < 4.78 is 18.7. The lowest BCUT2D eigenvalue weighted by Gasteiger charge is -2.17. The molecule has 0 aromatic heterocycles. The SMILES string of the molecule is CC(C)NC(=O)CNC(=O)COC(=O)[C@H]1CC(=O)N(c2ccccc2F)C1. The van der Waals surface area contributed by atoms with Crippen molar-refractivity contribution in [3.8, 4) is 0 Å². The quantitative estimate of drug-likeness (QED) is 0.666. The Labute approximate surface area is 156 Å². The van der Waals surface area contributed by atoms with E-state index in [9.17, 15) is 23.6 Å². The van der Waals surface area contributed by atoms with Crippen LogP contribution in [0.15, 0.2) is 24.3 Å². The average molecular weight is 379 g/mol. The van der Waals surface area contributed by atoms with Crippen LogP contribution < -0.4 is 15.5 Å². The van der Waals surface area contributed by atoms with E-state index in [0.29, 0.717) is 0 Å². The summed E-state index contributed by atoms with van der Waals surface area (Å²) in [7, 11) is 0. The van der Waals surface area contributed by atoms with Gasteiger partial charge in [-0.05, 0) is 26.0 Å². The fraction of sp³-hybridized carbons (Fsp3) is 0.444. The van der Waals surface area contributed by atoms with Crippen molar-refractivity contribution in [2.75, 3.05) is 24.6 Å². The molecule has 1 aliphatic rings. The molecule has 146 valence electrons. The predicted molar refractivity (Wildman–Crippen MR) is 94.1 cm³/mol. The van der Waals surface area contributed by atoms with Crippen molar-refractivity contribution >= 4 is 29.4 Å². The summed E-state index contributed by atoms with van der Waals surface area (Å²) in [6.07, 6.45) is -0.119. The second-order valence-electron chi connectivity index (χ2n) is 6.46. The van der Waals surface area contributed by atoms with E-state index in [4.69, 9.17) is 4.74 Å². The maximum atomic E-state index is 13.8. The number of anilines is 1. The van der Waals surface area contributed by atoms with Crippen LogP contribution in [-0.4, -0.2) is 49.4 Å². The lowest BCUT2D eigenvalue weighted by atomic mass is 10.1. The van der Waals surface area contributed by atoms with Gasteiger partial charge in [-0.2, -0.15) is 0 Å². The zero-order valence-electron chi connectivity index (χ0n) is 15.2. The highest BCUT2D eigenvalue weighted by atomic mass is 19.1. The molecule has 0 aliphatic carbocycles. The van der Waals surface area contributed by atoms with Gasteiger partial charge in [-0.3, -0.25) is 19.2 Å². The van der Waals surface area contributed by atoms with Gasteiger partial charge in [0.25, 0.3) is 5.91 Å². The Morgan fingerprint density at radius 3 is 2.63 bits per heavy atom. The molecular weight excluding hydrogens is 357 g/mol. The summed E-state index contributed by atoms with van der Waals surface area (Å²) in [5.41, 5.74) is 0.103. The van der Waals surface area contributed by atoms with Crippen LogP contribution in [0.1, 0.15) is 20.3 Å². The number of amides is 3. The van der Waals surface area contributed by atoms with Gasteiger partial charge in [-0.25, -0.2) is 4.39 Å². The molecule has 2 N–H and O–H groups in total. The van der Waals surface area contributed by atoms with Crippen LogP contribution in [0.25, 0.3) is 0 Å². The van der Waals surface area contributed by atoms with Gasteiger partial charge in [-0.15, -0.1) is 0 Å². The summed E-state index contributed by atoms with van der Waals surface area (Å²) in [6.45, 7) is 2.77. The van der Waals surface area contributed by atoms with Crippen LogP contribution in [0.4, 0.5) is 10.1 Å². The van der Waals surface area contributed by atoms with Crippen molar-refractivity contribution in [3.63, 3.8) is 0 Å². The highest BCUT2D eigenvalue weighted by molar-refractivity contribution is 5.99. The maximum Gasteiger partial charge on any atom is 0.311 e. The minimum Gasteiger partial charge on any atom is -0.455 e. The number of nitrogens with one attached hydrogen (secondary N) is 2. The molecular formula is C18H22FN3O5. The smallest absolute Gasteiger partial charge is 0.311 e. The first-order valence-electron chi connectivity index (χ1n) is 8.55. The molecule has 1 aromatic carbocycles. The number of rotatable bonds is 7. The molecule has 8 nitrogen and oxygen atoms in total. The Morgan fingerprint density at radius 2 is 1.96 bits per heavy atom. The van der Waals surface area contributed by atoms with E-state index in [-0.39, 0.29) is 37.1 Å². The number of para-hydroxylation sites is 1. The Bertz CT molecular complexity index is 737. The first-order valence-corrected chi connectivity index (χ1v) is 8.55. The van der Waals surface area contributed by atoms with E-state index in [2.05, 4.69) is 10.6 Å². The highest BCUT2D eigenvalue weighted by Crippen LogP contribution is 2.27. The molecule has 27 heavy (non-hydrogen) atoms. The molecule has 1 fully saturated rings. The number of carbonyl (C=O) groups is 4. The van der Waals surface area contributed by atoms with Crippen molar-refractivity contribution < 1.29 is 28.3 Å². The lowest BCUT2D eigenvalue weighted by Crippen LogP contribution is -2.41. The number of nitrogens with zero attached hydrogens (tertiary/aromatic N) is 1. The second kappa shape index (κ2) is 9.11. The normalized spacial score (nSPS) is 16.4. The van der Waals surface area contributed by atoms with Crippen molar-refractivity contribution in [1.29, 1.82) is 0 Å². The topological polar surface area (TPSA) is 105 Å². The number of ether oxygens (including phenoxy) is 1.